The molecule has 1 aromatic heterocycles. The summed E-state index contributed by atoms with van der Waals surface area (Å²) in [6.45, 7) is 3.56. The van der Waals surface area contributed by atoms with Gasteiger partial charge in [0.1, 0.15) is 6.67 Å². The highest BCUT2D eigenvalue weighted by Crippen LogP contribution is 2.30. The lowest BCUT2D eigenvalue weighted by atomic mass is 10.1. The molecule has 78 valence electrons. The van der Waals surface area contributed by atoms with E-state index >= 15 is 0 Å². The Hall–Kier alpha value is -1.22. The quantitative estimate of drug-likeness (QED) is 0.749. The maximum absolute atomic E-state index is 12.5. The largest absolute Gasteiger partial charge is 0.246 e. The standard InChI is InChI=1S/C12H12FNS/c1-8-12(15-9(2)14-8)11-5-3-4-10(6-11)7-13/h3-6H,7H2,1-2H3. The van der Waals surface area contributed by atoms with Crippen molar-refractivity contribution < 1.29 is 4.39 Å². The number of rotatable bonds is 2. The lowest BCUT2D eigenvalue weighted by molar-refractivity contribution is 0.485. The van der Waals surface area contributed by atoms with Crippen LogP contribution in [0.3, 0.4) is 0 Å². The maximum Gasteiger partial charge on any atom is 0.115 e. The van der Waals surface area contributed by atoms with Gasteiger partial charge in [-0.3, -0.25) is 0 Å². The van der Waals surface area contributed by atoms with Crippen molar-refractivity contribution in [1.82, 2.24) is 4.98 Å². The van der Waals surface area contributed by atoms with Crippen LogP contribution in [-0.4, -0.2) is 4.98 Å². The highest BCUT2D eigenvalue weighted by Gasteiger charge is 2.07. The third-order valence-electron chi connectivity index (χ3n) is 2.25. The molecule has 3 heteroatoms. The monoisotopic (exact) mass is 221 g/mol. The third-order valence-corrected chi connectivity index (χ3v) is 3.37. The molecule has 1 heterocycles. The summed E-state index contributed by atoms with van der Waals surface area (Å²) in [4.78, 5) is 5.51. The van der Waals surface area contributed by atoms with Crippen LogP contribution in [0.1, 0.15) is 16.3 Å². The van der Waals surface area contributed by atoms with Crippen LogP contribution in [0, 0.1) is 13.8 Å². The molecule has 2 aromatic rings. The Balaban J connectivity index is 2.49. The maximum atomic E-state index is 12.5. The summed E-state index contributed by atoms with van der Waals surface area (Å²) in [5, 5.41) is 1.05. The number of hydrogen-bond acceptors (Lipinski definition) is 2. The Morgan fingerprint density at radius 1 is 1.33 bits per heavy atom. The van der Waals surface area contributed by atoms with Gasteiger partial charge in [0, 0.05) is 0 Å². The highest BCUT2D eigenvalue weighted by atomic mass is 32.1. The SMILES string of the molecule is Cc1nc(C)c(-c2cccc(CF)c2)s1. The number of alkyl halides is 1. The van der Waals surface area contributed by atoms with Crippen LogP contribution in [0.4, 0.5) is 4.39 Å². The zero-order valence-corrected chi connectivity index (χ0v) is 9.57. The van der Waals surface area contributed by atoms with E-state index < -0.39 is 6.67 Å². The van der Waals surface area contributed by atoms with Crippen molar-refractivity contribution in [1.29, 1.82) is 0 Å². The van der Waals surface area contributed by atoms with Crippen molar-refractivity contribution in [3.8, 4) is 10.4 Å². The number of hydrogen-bond donors (Lipinski definition) is 0. The Labute approximate surface area is 92.6 Å². The van der Waals surface area contributed by atoms with Gasteiger partial charge >= 0.3 is 0 Å². The minimum Gasteiger partial charge on any atom is -0.246 e. The van der Waals surface area contributed by atoms with Gasteiger partial charge in [0.15, 0.2) is 0 Å². The predicted octanol–water partition coefficient (Wildman–Crippen LogP) is 3.90. The second-order valence-corrected chi connectivity index (χ2v) is 4.68. The fourth-order valence-electron chi connectivity index (χ4n) is 1.59. The van der Waals surface area contributed by atoms with Gasteiger partial charge < -0.3 is 0 Å². The molecule has 0 aliphatic heterocycles. The van der Waals surface area contributed by atoms with Crippen LogP contribution >= 0.6 is 11.3 Å². The molecule has 0 fully saturated rings. The van der Waals surface area contributed by atoms with E-state index in [0.29, 0.717) is 0 Å². The fourth-order valence-corrected chi connectivity index (χ4v) is 2.51. The minimum atomic E-state index is -0.412. The summed E-state index contributed by atoms with van der Waals surface area (Å²) in [5.41, 5.74) is 2.81. The lowest BCUT2D eigenvalue weighted by Gasteiger charge is -2.00. The Morgan fingerprint density at radius 2 is 2.13 bits per heavy atom. The molecule has 0 radical (unpaired) electrons. The van der Waals surface area contributed by atoms with Crippen LogP contribution < -0.4 is 0 Å². The molecule has 0 atom stereocenters. The normalized spacial score (nSPS) is 10.6. The van der Waals surface area contributed by atoms with Crippen molar-refractivity contribution in [2.45, 2.75) is 20.5 Å². The third kappa shape index (κ3) is 2.07. The van der Waals surface area contributed by atoms with E-state index in [4.69, 9.17) is 0 Å². The molecule has 0 bridgehead atoms. The molecule has 0 saturated carbocycles. The predicted molar refractivity (Wildman–Crippen MR) is 61.8 cm³/mol. The number of halogens is 1. The molecule has 2 rings (SSSR count). The number of nitrogens with zero attached hydrogens (tertiary/aromatic N) is 1. The zero-order chi connectivity index (χ0) is 10.8. The van der Waals surface area contributed by atoms with Crippen molar-refractivity contribution in [3.63, 3.8) is 0 Å². The van der Waals surface area contributed by atoms with E-state index in [9.17, 15) is 4.39 Å². The van der Waals surface area contributed by atoms with Gasteiger partial charge in [-0.1, -0.05) is 18.2 Å². The second kappa shape index (κ2) is 4.11. The van der Waals surface area contributed by atoms with Gasteiger partial charge in [-0.25, -0.2) is 9.37 Å². The van der Waals surface area contributed by atoms with Crippen LogP contribution in [0.2, 0.25) is 0 Å². The van der Waals surface area contributed by atoms with Gasteiger partial charge in [0.25, 0.3) is 0 Å². The summed E-state index contributed by atoms with van der Waals surface area (Å²) in [6.07, 6.45) is 0. The number of aromatic nitrogens is 1. The van der Waals surface area contributed by atoms with E-state index in [-0.39, 0.29) is 0 Å². The van der Waals surface area contributed by atoms with Crippen LogP contribution in [0.5, 0.6) is 0 Å². The zero-order valence-electron chi connectivity index (χ0n) is 8.75. The molecule has 15 heavy (non-hydrogen) atoms. The van der Waals surface area contributed by atoms with E-state index in [1.807, 2.05) is 32.0 Å². The number of aryl methyl sites for hydroxylation is 2. The van der Waals surface area contributed by atoms with Gasteiger partial charge in [0.2, 0.25) is 0 Å². The van der Waals surface area contributed by atoms with Crippen LogP contribution in [0.15, 0.2) is 24.3 Å². The number of benzene rings is 1. The summed E-state index contributed by atoms with van der Waals surface area (Å²) >= 11 is 1.65. The summed E-state index contributed by atoms with van der Waals surface area (Å²) in [7, 11) is 0. The molecule has 0 spiro atoms. The van der Waals surface area contributed by atoms with E-state index in [1.165, 1.54) is 0 Å². The topological polar surface area (TPSA) is 12.9 Å². The smallest absolute Gasteiger partial charge is 0.115 e. The van der Waals surface area contributed by atoms with Gasteiger partial charge in [-0.05, 0) is 31.0 Å². The van der Waals surface area contributed by atoms with Crippen molar-refractivity contribution in [3.05, 3.63) is 40.5 Å². The summed E-state index contributed by atoms with van der Waals surface area (Å²) in [5.74, 6) is 0. The highest BCUT2D eigenvalue weighted by molar-refractivity contribution is 7.15. The second-order valence-electron chi connectivity index (χ2n) is 3.48. The average Bonchev–Trinajstić information content (AvgIpc) is 2.58. The van der Waals surface area contributed by atoms with Gasteiger partial charge in [-0.15, -0.1) is 11.3 Å². The van der Waals surface area contributed by atoms with E-state index in [1.54, 1.807) is 17.4 Å². The van der Waals surface area contributed by atoms with Crippen molar-refractivity contribution in [2.24, 2.45) is 0 Å². The van der Waals surface area contributed by atoms with Crippen molar-refractivity contribution >= 4 is 11.3 Å². The number of thiazole rings is 1. The van der Waals surface area contributed by atoms with E-state index in [2.05, 4.69) is 4.98 Å². The van der Waals surface area contributed by atoms with Crippen molar-refractivity contribution in [2.75, 3.05) is 0 Å². The molecule has 0 amide bonds. The van der Waals surface area contributed by atoms with Crippen LogP contribution in [0.25, 0.3) is 10.4 Å². The molecule has 0 unspecified atom stereocenters. The first-order chi connectivity index (χ1) is 7.20. The molecule has 0 saturated heterocycles. The molecular weight excluding hydrogens is 209 g/mol. The lowest BCUT2D eigenvalue weighted by Crippen LogP contribution is -1.81. The first-order valence-electron chi connectivity index (χ1n) is 4.80. The first kappa shape index (κ1) is 10.3. The molecule has 1 nitrogen and oxygen atoms in total. The molecule has 0 N–H and O–H groups in total. The van der Waals surface area contributed by atoms with E-state index in [0.717, 1.165) is 26.7 Å². The van der Waals surface area contributed by atoms with Gasteiger partial charge in [-0.2, -0.15) is 0 Å². The average molecular weight is 221 g/mol. The molecule has 1 aromatic carbocycles. The Bertz CT molecular complexity index is 476. The fraction of sp³-hybridized carbons (Fsp3) is 0.250. The summed E-state index contributed by atoms with van der Waals surface area (Å²) in [6, 6.07) is 7.57. The minimum absolute atomic E-state index is 0.412. The molecule has 0 aliphatic rings. The Kier molecular flexibility index (Phi) is 2.82. The van der Waals surface area contributed by atoms with Crippen LogP contribution in [-0.2, 0) is 6.67 Å². The van der Waals surface area contributed by atoms with Gasteiger partial charge in [0.05, 0.1) is 15.6 Å². The molecule has 0 aliphatic carbocycles. The first-order valence-corrected chi connectivity index (χ1v) is 5.61. The molecular formula is C12H12FNS. The summed E-state index contributed by atoms with van der Waals surface area (Å²) < 4.78 is 12.5. The Morgan fingerprint density at radius 3 is 2.73 bits per heavy atom.